The Labute approximate surface area is 261 Å². The first-order valence-corrected chi connectivity index (χ1v) is 17.2. The van der Waals surface area contributed by atoms with Crippen LogP contribution in [0.5, 0.6) is 0 Å². The molecule has 1 saturated heterocycles. The molecular weight excluding hydrogens is 654 g/mol. The number of aromatic nitrogens is 4. The fraction of sp³-hybridized carbons (Fsp3) is 0.696. The Morgan fingerprint density at radius 1 is 1.36 bits per heavy atom. The first kappa shape index (κ1) is 35.2. The molecule has 0 spiro atoms. The Morgan fingerprint density at radius 2 is 2.02 bits per heavy atom. The van der Waals surface area contributed by atoms with E-state index in [2.05, 4.69) is 20.0 Å². The Balaban J connectivity index is 1.77. The van der Waals surface area contributed by atoms with Gasteiger partial charge in [-0.1, -0.05) is 55.7 Å². The average molecular weight is 690 g/mol. The summed E-state index contributed by atoms with van der Waals surface area (Å²) in [4.78, 5) is 47.4. The van der Waals surface area contributed by atoms with Crippen LogP contribution in [0.1, 0.15) is 47.8 Å². The number of halogens is 2. The van der Waals surface area contributed by atoms with Crippen molar-refractivity contribution < 1.29 is 33.2 Å². The number of rotatable bonds is 12. The number of anilines is 1. The number of nitrogens with zero attached hydrogens (tertiary/aromatic N) is 3. The van der Waals surface area contributed by atoms with Crippen molar-refractivity contribution >= 4 is 81.6 Å². The van der Waals surface area contributed by atoms with Crippen LogP contribution in [0.15, 0.2) is 11.1 Å². The molecule has 0 radical (unpaired) electrons. The number of aliphatic hydroxyl groups excluding tert-OH is 1. The van der Waals surface area contributed by atoms with Crippen molar-refractivity contribution in [3.8, 4) is 0 Å². The minimum Gasteiger partial charge on any atom is -0.462 e. The van der Waals surface area contributed by atoms with Gasteiger partial charge in [-0.05, 0) is 32.6 Å². The second kappa shape index (κ2) is 13.8. The van der Waals surface area contributed by atoms with Crippen LogP contribution in [0.4, 0.5) is 5.95 Å². The number of ether oxygens (including phenoxy) is 2. The molecule has 0 saturated carbocycles. The summed E-state index contributed by atoms with van der Waals surface area (Å²) in [5.41, 5.74) is 4.56. The van der Waals surface area contributed by atoms with Crippen LogP contribution in [-0.2, 0) is 39.9 Å². The number of hydrogen-bond donors (Lipinski definition) is 4. The minimum absolute atomic E-state index is 0.0248. The monoisotopic (exact) mass is 688 g/mol. The Hall–Kier alpha value is -1.33. The predicted octanol–water partition coefficient (Wildman–Crippen LogP) is 2.63. The van der Waals surface area contributed by atoms with E-state index < -0.39 is 52.4 Å². The molecule has 5 N–H and O–H groups in total. The molecule has 0 unspecified atom stereocenters. The van der Waals surface area contributed by atoms with Crippen LogP contribution in [-0.4, -0.2) is 83.4 Å². The van der Waals surface area contributed by atoms with Gasteiger partial charge in [-0.2, -0.15) is 4.98 Å². The van der Waals surface area contributed by atoms with Crippen LogP contribution in [0.25, 0.3) is 11.2 Å². The standard InChI is InChI=1S/C23H35Cl2N6O8PS2/c1-11(2)38-18(34)12(3)30-40(41,36-7-8-42-20(35)22(4,5)6)37-9-13-15(32)23(24,25)19(39-13)31-10-27-14-16(31)28-21(26)29-17(14)33/h10-13,15,19,32H,7-9H2,1-6H3,(H,30,41)(H3,26,28,29,33)/t12-,13-,15-,19-,40-/m1/s1. The van der Waals surface area contributed by atoms with E-state index in [1.165, 1.54) is 10.9 Å². The van der Waals surface area contributed by atoms with Gasteiger partial charge in [-0.15, -0.1) is 0 Å². The Morgan fingerprint density at radius 3 is 2.64 bits per heavy atom. The maximum atomic E-state index is 12.5. The zero-order valence-electron chi connectivity index (χ0n) is 23.8. The normalized spacial score (nSPS) is 22.8. The maximum Gasteiger partial charge on any atom is 0.323 e. The number of aliphatic hydroxyl groups is 1. The molecule has 42 heavy (non-hydrogen) atoms. The van der Waals surface area contributed by atoms with Crippen LogP contribution in [0.2, 0.25) is 0 Å². The van der Waals surface area contributed by atoms with Crippen molar-refractivity contribution in [2.24, 2.45) is 5.41 Å². The molecule has 1 aliphatic rings. The van der Waals surface area contributed by atoms with Gasteiger partial charge in [0.25, 0.3) is 12.2 Å². The quantitative estimate of drug-likeness (QED) is 0.110. The highest BCUT2D eigenvalue weighted by Crippen LogP contribution is 2.50. The first-order chi connectivity index (χ1) is 19.4. The summed E-state index contributed by atoms with van der Waals surface area (Å²) in [7, 11) is 0. The molecule has 5 atom stereocenters. The molecule has 2 aromatic rings. The Bertz CT molecular complexity index is 1400. The second-order valence-corrected chi connectivity index (χ2v) is 16.5. The number of imidazole rings is 1. The fourth-order valence-corrected chi connectivity index (χ4v) is 7.50. The predicted molar refractivity (Wildman–Crippen MR) is 164 cm³/mol. The van der Waals surface area contributed by atoms with Gasteiger partial charge in [0.15, 0.2) is 26.8 Å². The van der Waals surface area contributed by atoms with Gasteiger partial charge < -0.3 is 29.4 Å². The van der Waals surface area contributed by atoms with Crippen molar-refractivity contribution in [1.82, 2.24) is 24.6 Å². The smallest absolute Gasteiger partial charge is 0.323 e. The van der Waals surface area contributed by atoms with Crippen LogP contribution < -0.4 is 16.4 Å². The first-order valence-electron chi connectivity index (χ1n) is 12.8. The van der Waals surface area contributed by atoms with Crippen LogP contribution in [0.3, 0.4) is 0 Å². The summed E-state index contributed by atoms with van der Waals surface area (Å²) in [6, 6.07) is -0.906. The Kier molecular flexibility index (Phi) is 11.5. The fourth-order valence-electron chi connectivity index (χ4n) is 3.64. The van der Waals surface area contributed by atoms with Crippen molar-refractivity contribution in [2.75, 3.05) is 24.7 Å². The van der Waals surface area contributed by atoms with Crippen LogP contribution in [0, 0.1) is 5.41 Å². The van der Waals surface area contributed by atoms with E-state index in [1.807, 2.05) is 20.8 Å². The summed E-state index contributed by atoms with van der Waals surface area (Å²) < 4.78 is 22.4. The van der Waals surface area contributed by atoms with Gasteiger partial charge in [0, 0.05) is 11.2 Å². The lowest BCUT2D eigenvalue weighted by molar-refractivity contribution is -0.149. The summed E-state index contributed by atoms with van der Waals surface area (Å²) in [6.45, 7) is 6.62. The molecule has 2 aromatic heterocycles. The highest BCUT2D eigenvalue weighted by molar-refractivity contribution is 8.13. The molecule has 14 nitrogen and oxygen atoms in total. The van der Waals surface area contributed by atoms with E-state index in [0.717, 1.165) is 11.8 Å². The number of hydrogen-bond acceptors (Lipinski definition) is 13. The summed E-state index contributed by atoms with van der Waals surface area (Å²) in [5.74, 6) is -0.459. The second-order valence-electron chi connectivity index (χ2n) is 10.8. The zero-order valence-corrected chi connectivity index (χ0v) is 27.9. The number of alkyl halides is 2. The van der Waals surface area contributed by atoms with Crippen molar-refractivity contribution in [2.45, 2.75) is 76.5 Å². The zero-order chi connectivity index (χ0) is 31.6. The summed E-state index contributed by atoms with van der Waals surface area (Å²) >= 11 is 19.8. The topological polar surface area (TPSA) is 193 Å². The molecule has 0 bridgehead atoms. The van der Waals surface area contributed by atoms with E-state index in [9.17, 15) is 19.5 Å². The molecule has 19 heteroatoms. The molecule has 1 fully saturated rings. The van der Waals surface area contributed by atoms with Gasteiger partial charge in [0.05, 0.1) is 25.6 Å². The van der Waals surface area contributed by atoms with Gasteiger partial charge in [0.1, 0.15) is 18.2 Å². The summed E-state index contributed by atoms with van der Waals surface area (Å²) in [5, 5.41) is 13.8. The molecule has 0 amide bonds. The number of carbonyl (C=O) groups excluding carboxylic acids is 2. The number of fused-ring (bicyclic) bond motifs is 1. The third-order valence-corrected chi connectivity index (χ3v) is 10.5. The molecular formula is C23H35Cl2N6O8PS2. The number of aromatic amines is 1. The van der Waals surface area contributed by atoms with E-state index >= 15 is 0 Å². The third-order valence-electron chi connectivity index (χ3n) is 5.74. The maximum absolute atomic E-state index is 12.5. The van der Waals surface area contributed by atoms with Gasteiger partial charge >= 0.3 is 5.97 Å². The number of H-pyrrole nitrogens is 1. The highest BCUT2D eigenvalue weighted by atomic mass is 35.5. The van der Waals surface area contributed by atoms with E-state index in [4.69, 9.17) is 59.3 Å². The molecule has 0 aliphatic carbocycles. The number of nitrogens with one attached hydrogen (secondary N) is 2. The lowest BCUT2D eigenvalue weighted by Gasteiger charge is -2.28. The number of nitrogens with two attached hydrogens (primary N) is 1. The van der Waals surface area contributed by atoms with Gasteiger partial charge in [-0.25, -0.2) is 10.1 Å². The van der Waals surface area contributed by atoms with E-state index in [-0.39, 0.29) is 47.3 Å². The number of nitrogen functional groups attached to an aromatic ring is 1. The molecule has 0 aromatic carbocycles. The molecule has 3 heterocycles. The van der Waals surface area contributed by atoms with Gasteiger partial charge in [-0.3, -0.25) is 23.9 Å². The lowest BCUT2D eigenvalue weighted by atomic mass is 10.00. The summed E-state index contributed by atoms with van der Waals surface area (Å²) in [6.07, 6.45) is -3.02. The third kappa shape index (κ3) is 8.43. The number of esters is 1. The molecule has 1 aliphatic heterocycles. The van der Waals surface area contributed by atoms with Crippen molar-refractivity contribution in [1.29, 1.82) is 0 Å². The number of carbonyl (C=O) groups is 2. The lowest BCUT2D eigenvalue weighted by Crippen LogP contribution is -2.39. The minimum atomic E-state index is -3.44. The number of thioether (sulfide) groups is 1. The van der Waals surface area contributed by atoms with Gasteiger partial charge in [0.2, 0.25) is 5.95 Å². The largest absolute Gasteiger partial charge is 0.462 e. The average Bonchev–Trinajstić information content (AvgIpc) is 3.37. The highest BCUT2D eigenvalue weighted by Gasteiger charge is 2.56. The molecule has 3 rings (SSSR count). The van der Waals surface area contributed by atoms with Crippen LogP contribution >= 0.6 is 41.6 Å². The van der Waals surface area contributed by atoms with Crippen molar-refractivity contribution in [3.05, 3.63) is 16.7 Å². The van der Waals surface area contributed by atoms with E-state index in [1.54, 1.807) is 20.8 Å². The SMILES string of the molecule is CC(C)OC(=O)[C@@H](C)N[P@@](=S)(OCCSC(=O)C(C)(C)C)OC[C@H]1O[C@@H](n2cnc3c(=O)[nH]c(N)nc32)C(Cl)(Cl)[C@@H]1O. The van der Waals surface area contributed by atoms with E-state index in [0.29, 0.717) is 0 Å². The van der Waals surface area contributed by atoms with Crippen molar-refractivity contribution in [3.63, 3.8) is 0 Å². The molecule has 236 valence electrons.